The molecule has 0 unspecified atom stereocenters. The smallest absolute Gasteiger partial charge is 0.315 e. The first kappa shape index (κ1) is 14.0. The molecule has 1 aliphatic rings. The van der Waals surface area contributed by atoms with E-state index >= 15 is 0 Å². The minimum Gasteiger partial charge on any atom is -0.315 e. The van der Waals surface area contributed by atoms with Crippen LogP contribution in [-0.4, -0.2) is 41.4 Å². The topological polar surface area (TPSA) is 40.6 Å². The number of carbonyl (C=O) groups excluding carboxylic acids is 2. The molecule has 1 fully saturated rings. The Morgan fingerprint density at radius 1 is 1.18 bits per heavy atom. The first-order valence-electron chi connectivity index (χ1n) is 6.56. The average Bonchev–Trinajstić information content (AvgIpc) is 2.61. The van der Waals surface area contributed by atoms with Gasteiger partial charge in [-0.1, -0.05) is 33.6 Å². The molecule has 1 rings (SSSR count). The third-order valence-corrected chi connectivity index (χ3v) is 4.16. The summed E-state index contributed by atoms with van der Waals surface area (Å²) in [5.74, 6) is -0.0496. The van der Waals surface area contributed by atoms with Crippen LogP contribution in [0.15, 0.2) is 0 Å². The van der Waals surface area contributed by atoms with Crippen LogP contribution in [0.25, 0.3) is 0 Å². The summed E-state index contributed by atoms with van der Waals surface area (Å²) in [6.07, 6.45) is 3.06. The number of hydrogen-bond donors (Lipinski definition) is 0. The maximum Gasteiger partial charge on any atom is 0.327 e. The van der Waals surface area contributed by atoms with Gasteiger partial charge < -0.3 is 4.90 Å². The van der Waals surface area contributed by atoms with Gasteiger partial charge in [0.2, 0.25) is 5.91 Å². The predicted molar refractivity (Wildman–Crippen MR) is 67.7 cm³/mol. The van der Waals surface area contributed by atoms with Crippen LogP contribution >= 0.6 is 0 Å². The molecular weight excluding hydrogens is 216 g/mol. The summed E-state index contributed by atoms with van der Waals surface area (Å²) < 4.78 is 0. The Labute approximate surface area is 104 Å². The average molecular weight is 240 g/mol. The lowest BCUT2D eigenvalue weighted by atomic mass is 9.81. The maximum absolute atomic E-state index is 11.9. The molecule has 0 aromatic carbocycles. The fourth-order valence-corrected chi connectivity index (χ4v) is 2.05. The number of amides is 3. The van der Waals surface area contributed by atoms with Crippen LogP contribution in [0.3, 0.4) is 0 Å². The molecule has 0 atom stereocenters. The van der Waals surface area contributed by atoms with Crippen molar-refractivity contribution in [1.82, 2.24) is 9.80 Å². The molecule has 0 aromatic heterocycles. The molecule has 17 heavy (non-hydrogen) atoms. The van der Waals surface area contributed by atoms with Crippen LogP contribution in [0, 0.1) is 5.41 Å². The molecular formula is C13H24N2O2. The van der Waals surface area contributed by atoms with Crippen molar-refractivity contribution in [2.45, 2.75) is 47.0 Å². The molecule has 0 N–H and O–H groups in total. The lowest BCUT2D eigenvalue weighted by Gasteiger charge is -2.28. The quantitative estimate of drug-likeness (QED) is 0.669. The van der Waals surface area contributed by atoms with E-state index in [4.69, 9.17) is 0 Å². The highest BCUT2D eigenvalue weighted by Gasteiger charge is 2.35. The van der Waals surface area contributed by atoms with Crippen LogP contribution in [0.5, 0.6) is 0 Å². The van der Waals surface area contributed by atoms with E-state index in [2.05, 4.69) is 20.8 Å². The second-order valence-electron chi connectivity index (χ2n) is 5.11. The Balaban J connectivity index is 2.58. The van der Waals surface area contributed by atoms with Crippen molar-refractivity contribution in [2.75, 3.05) is 19.6 Å². The van der Waals surface area contributed by atoms with Crippen molar-refractivity contribution < 1.29 is 9.59 Å². The van der Waals surface area contributed by atoms with E-state index in [9.17, 15) is 9.59 Å². The van der Waals surface area contributed by atoms with Crippen molar-refractivity contribution in [1.29, 1.82) is 0 Å². The third kappa shape index (κ3) is 2.99. The molecule has 98 valence electrons. The summed E-state index contributed by atoms with van der Waals surface area (Å²) in [4.78, 5) is 26.6. The molecule has 0 bridgehead atoms. The number of imide groups is 1. The van der Waals surface area contributed by atoms with Crippen molar-refractivity contribution in [3.63, 3.8) is 0 Å². The van der Waals surface area contributed by atoms with Gasteiger partial charge in [0.1, 0.15) is 6.54 Å². The second kappa shape index (κ2) is 5.52. The first-order valence-corrected chi connectivity index (χ1v) is 6.56. The second-order valence-corrected chi connectivity index (χ2v) is 5.11. The van der Waals surface area contributed by atoms with Gasteiger partial charge in [-0.05, 0) is 18.8 Å². The summed E-state index contributed by atoms with van der Waals surface area (Å²) in [5.41, 5.74) is 0.236. The minimum atomic E-state index is -0.118. The Bertz CT molecular complexity index is 298. The predicted octanol–water partition coefficient (Wildman–Crippen LogP) is 2.49. The number of likely N-dealkylation sites (N-methyl/N-ethyl adjacent to an activating group) is 1. The van der Waals surface area contributed by atoms with Gasteiger partial charge in [0, 0.05) is 13.1 Å². The monoisotopic (exact) mass is 240 g/mol. The molecule has 1 heterocycles. The Kier molecular flexibility index (Phi) is 4.54. The number of urea groups is 1. The highest BCUT2D eigenvalue weighted by Crippen LogP contribution is 2.30. The molecule has 1 saturated heterocycles. The lowest BCUT2D eigenvalue weighted by molar-refractivity contribution is -0.125. The molecule has 4 heteroatoms. The van der Waals surface area contributed by atoms with Crippen LogP contribution < -0.4 is 0 Å². The highest BCUT2D eigenvalue weighted by molar-refractivity contribution is 6.01. The van der Waals surface area contributed by atoms with Crippen LogP contribution in [0.4, 0.5) is 4.79 Å². The minimum absolute atomic E-state index is 0.0496. The van der Waals surface area contributed by atoms with Gasteiger partial charge in [-0.3, -0.25) is 9.69 Å². The Morgan fingerprint density at radius 3 is 2.18 bits per heavy atom. The summed E-state index contributed by atoms with van der Waals surface area (Å²) in [6, 6.07) is -0.118. The van der Waals surface area contributed by atoms with Crippen molar-refractivity contribution in [3.05, 3.63) is 0 Å². The molecule has 0 radical (unpaired) electrons. The summed E-state index contributed by atoms with van der Waals surface area (Å²) >= 11 is 0. The third-order valence-electron chi connectivity index (χ3n) is 4.16. The van der Waals surface area contributed by atoms with E-state index in [1.165, 1.54) is 4.90 Å². The SMILES string of the molecule is CCN1CC(=O)N(CCC(C)(CC)CC)C1=O. The van der Waals surface area contributed by atoms with Gasteiger partial charge in [-0.15, -0.1) is 0 Å². The molecule has 0 saturated carbocycles. The van der Waals surface area contributed by atoms with Crippen LogP contribution in [-0.2, 0) is 4.79 Å². The zero-order valence-electron chi connectivity index (χ0n) is 11.5. The summed E-state index contributed by atoms with van der Waals surface area (Å²) in [7, 11) is 0. The molecule has 1 aliphatic heterocycles. The highest BCUT2D eigenvalue weighted by atomic mass is 16.2. The van der Waals surface area contributed by atoms with Crippen molar-refractivity contribution in [2.24, 2.45) is 5.41 Å². The standard InChI is InChI=1S/C13H24N2O2/c1-5-13(4,6-2)8-9-15-11(16)10-14(7-3)12(15)17/h5-10H2,1-4H3. The fraction of sp³-hybridized carbons (Fsp3) is 0.846. The van der Waals surface area contributed by atoms with E-state index < -0.39 is 0 Å². The van der Waals surface area contributed by atoms with Gasteiger partial charge in [0.25, 0.3) is 0 Å². The number of nitrogens with zero attached hydrogens (tertiary/aromatic N) is 2. The van der Waals surface area contributed by atoms with Gasteiger partial charge in [-0.2, -0.15) is 0 Å². The van der Waals surface area contributed by atoms with E-state index in [1.807, 2.05) is 6.92 Å². The first-order chi connectivity index (χ1) is 7.97. The molecule has 3 amide bonds. The van der Waals surface area contributed by atoms with Crippen molar-refractivity contribution in [3.8, 4) is 0 Å². The van der Waals surface area contributed by atoms with Crippen molar-refractivity contribution >= 4 is 11.9 Å². The number of carbonyl (C=O) groups is 2. The van der Waals surface area contributed by atoms with E-state index in [0.29, 0.717) is 13.1 Å². The van der Waals surface area contributed by atoms with Crippen LogP contribution in [0.2, 0.25) is 0 Å². The van der Waals surface area contributed by atoms with Crippen LogP contribution in [0.1, 0.15) is 47.0 Å². The van der Waals surface area contributed by atoms with Gasteiger partial charge in [0.05, 0.1) is 0 Å². The molecule has 0 aliphatic carbocycles. The maximum atomic E-state index is 11.9. The Hall–Kier alpha value is -1.06. The number of hydrogen-bond acceptors (Lipinski definition) is 2. The molecule has 0 aromatic rings. The zero-order valence-corrected chi connectivity index (χ0v) is 11.5. The number of rotatable bonds is 6. The van der Waals surface area contributed by atoms with Gasteiger partial charge in [-0.25, -0.2) is 4.79 Å². The Morgan fingerprint density at radius 2 is 1.76 bits per heavy atom. The molecule has 4 nitrogen and oxygen atoms in total. The zero-order chi connectivity index (χ0) is 13.1. The summed E-state index contributed by atoms with van der Waals surface area (Å²) in [6.45, 7) is 9.87. The largest absolute Gasteiger partial charge is 0.327 e. The van der Waals surface area contributed by atoms with E-state index in [-0.39, 0.29) is 23.9 Å². The summed E-state index contributed by atoms with van der Waals surface area (Å²) in [5, 5.41) is 0. The van der Waals surface area contributed by atoms with Gasteiger partial charge >= 0.3 is 6.03 Å². The van der Waals surface area contributed by atoms with E-state index in [1.54, 1.807) is 4.90 Å². The lowest BCUT2D eigenvalue weighted by Crippen LogP contribution is -2.35. The molecule has 0 spiro atoms. The normalized spacial score (nSPS) is 17.2. The fourth-order valence-electron chi connectivity index (χ4n) is 2.05. The van der Waals surface area contributed by atoms with Gasteiger partial charge in [0.15, 0.2) is 0 Å². The van der Waals surface area contributed by atoms with E-state index in [0.717, 1.165) is 19.3 Å².